The van der Waals surface area contributed by atoms with Crippen molar-refractivity contribution in [2.45, 2.75) is 20.0 Å². The third-order valence-electron chi connectivity index (χ3n) is 3.59. The summed E-state index contributed by atoms with van der Waals surface area (Å²) in [6.45, 7) is 8.39. The minimum atomic E-state index is -0.485. The molecule has 0 spiro atoms. The third-order valence-corrected chi connectivity index (χ3v) is 3.82. The van der Waals surface area contributed by atoms with Gasteiger partial charge in [0.2, 0.25) is 0 Å². The summed E-state index contributed by atoms with van der Waals surface area (Å²) in [6, 6.07) is 7.13. The van der Waals surface area contributed by atoms with E-state index < -0.39 is 6.10 Å². The molecule has 20 heavy (non-hydrogen) atoms. The summed E-state index contributed by atoms with van der Waals surface area (Å²) in [7, 11) is 0. The normalized spacial score (nSPS) is 17.9. The fourth-order valence-electron chi connectivity index (χ4n) is 2.34. The van der Waals surface area contributed by atoms with Gasteiger partial charge in [-0.2, -0.15) is 0 Å². The van der Waals surface area contributed by atoms with Gasteiger partial charge >= 0.3 is 0 Å². The van der Waals surface area contributed by atoms with Crippen molar-refractivity contribution in [3.05, 3.63) is 29.3 Å². The summed E-state index contributed by atoms with van der Waals surface area (Å²) >= 11 is 5.91. The van der Waals surface area contributed by atoms with Crippen molar-refractivity contribution in [2.24, 2.45) is 0 Å². The van der Waals surface area contributed by atoms with Crippen molar-refractivity contribution in [3.63, 3.8) is 0 Å². The van der Waals surface area contributed by atoms with E-state index in [-0.39, 0.29) is 5.91 Å². The van der Waals surface area contributed by atoms with E-state index in [9.17, 15) is 4.79 Å². The molecular formula is C15H21ClN2O2. The maximum atomic E-state index is 12.3. The Bertz CT molecular complexity index is 459. The number of nitrogens with zero attached hydrogens (tertiary/aromatic N) is 2. The van der Waals surface area contributed by atoms with E-state index >= 15 is 0 Å². The zero-order valence-corrected chi connectivity index (χ0v) is 12.8. The lowest BCUT2D eigenvalue weighted by Gasteiger charge is -2.35. The largest absolute Gasteiger partial charge is 0.481 e. The zero-order valence-electron chi connectivity index (χ0n) is 12.0. The maximum Gasteiger partial charge on any atom is 0.263 e. The van der Waals surface area contributed by atoms with Gasteiger partial charge in [-0.1, -0.05) is 24.6 Å². The molecule has 1 amide bonds. The summed E-state index contributed by atoms with van der Waals surface area (Å²) in [5, 5.41) is 0.610. The van der Waals surface area contributed by atoms with Gasteiger partial charge in [0.1, 0.15) is 5.75 Å². The molecular weight excluding hydrogens is 276 g/mol. The number of hydrogen-bond acceptors (Lipinski definition) is 3. The summed E-state index contributed by atoms with van der Waals surface area (Å²) in [5.41, 5.74) is 0. The number of halogens is 1. The van der Waals surface area contributed by atoms with Crippen LogP contribution in [-0.4, -0.2) is 54.5 Å². The van der Waals surface area contributed by atoms with E-state index in [0.717, 1.165) is 32.7 Å². The second kappa shape index (κ2) is 6.95. The number of piperazine rings is 1. The molecule has 1 heterocycles. The number of amides is 1. The van der Waals surface area contributed by atoms with Crippen molar-refractivity contribution in [1.82, 2.24) is 9.80 Å². The molecule has 1 aliphatic rings. The van der Waals surface area contributed by atoms with Crippen molar-refractivity contribution >= 4 is 17.5 Å². The van der Waals surface area contributed by atoms with Gasteiger partial charge < -0.3 is 14.5 Å². The number of likely N-dealkylation sites (N-methyl/N-ethyl adjacent to an activating group) is 1. The second-order valence-electron chi connectivity index (χ2n) is 4.98. The monoisotopic (exact) mass is 296 g/mol. The molecule has 1 aromatic rings. The summed E-state index contributed by atoms with van der Waals surface area (Å²) in [5.74, 6) is 0.672. The fraction of sp³-hybridized carbons (Fsp3) is 0.533. The molecule has 0 saturated carbocycles. The number of hydrogen-bond donors (Lipinski definition) is 0. The van der Waals surface area contributed by atoms with Crippen LogP contribution in [0.15, 0.2) is 24.3 Å². The molecule has 110 valence electrons. The van der Waals surface area contributed by atoms with Crippen molar-refractivity contribution < 1.29 is 9.53 Å². The Kier molecular flexibility index (Phi) is 5.26. The van der Waals surface area contributed by atoms with Crippen LogP contribution in [0.5, 0.6) is 5.75 Å². The molecule has 4 nitrogen and oxygen atoms in total. The van der Waals surface area contributed by atoms with Crippen molar-refractivity contribution in [3.8, 4) is 5.75 Å². The van der Waals surface area contributed by atoms with Crippen LogP contribution in [0.25, 0.3) is 0 Å². The predicted molar refractivity (Wildman–Crippen MR) is 80.2 cm³/mol. The van der Waals surface area contributed by atoms with Gasteiger partial charge in [0, 0.05) is 31.2 Å². The van der Waals surface area contributed by atoms with Gasteiger partial charge in [-0.15, -0.1) is 0 Å². The van der Waals surface area contributed by atoms with E-state index in [4.69, 9.17) is 16.3 Å². The molecule has 1 aromatic carbocycles. The van der Waals surface area contributed by atoms with Crippen LogP contribution in [0.2, 0.25) is 5.02 Å². The van der Waals surface area contributed by atoms with Gasteiger partial charge in [0.05, 0.1) is 0 Å². The summed E-state index contributed by atoms with van der Waals surface area (Å²) < 4.78 is 5.67. The number of carbonyl (C=O) groups excluding carboxylic acids is 1. The Morgan fingerprint density at radius 2 is 2.05 bits per heavy atom. The highest BCUT2D eigenvalue weighted by Crippen LogP contribution is 2.19. The zero-order chi connectivity index (χ0) is 14.5. The first kappa shape index (κ1) is 15.1. The molecule has 0 aromatic heterocycles. The first-order valence-electron chi connectivity index (χ1n) is 7.03. The maximum absolute atomic E-state index is 12.3. The van der Waals surface area contributed by atoms with Crippen LogP contribution < -0.4 is 4.74 Å². The Morgan fingerprint density at radius 3 is 2.65 bits per heavy atom. The van der Waals surface area contributed by atoms with Crippen molar-refractivity contribution in [1.29, 1.82) is 0 Å². The quantitative estimate of drug-likeness (QED) is 0.854. The third kappa shape index (κ3) is 3.87. The topological polar surface area (TPSA) is 32.8 Å². The second-order valence-corrected chi connectivity index (χ2v) is 5.41. The van der Waals surface area contributed by atoms with Gasteiger partial charge in [0.25, 0.3) is 5.91 Å². The van der Waals surface area contributed by atoms with Crippen LogP contribution in [0.3, 0.4) is 0 Å². The Labute approximate surface area is 125 Å². The van der Waals surface area contributed by atoms with Crippen LogP contribution in [-0.2, 0) is 4.79 Å². The minimum Gasteiger partial charge on any atom is -0.481 e. The minimum absolute atomic E-state index is 0.0423. The average molecular weight is 297 g/mol. The molecule has 0 bridgehead atoms. The first-order chi connectivity index (χ1) is 9.60. The van der Waals surface area contributed by atoms with Crippen molar-refractivity contribution in [2.75, 3.05) is 32.7 Å². The van der Waals surface area contributed by atoms with Crippen LogP contribution in [0, 0.1) is 0 Å². The Hall–Kier alpha value is -1.26. The van der Waals surface area contributed by atoms with E-state index in [0.29, 0.717) is 10.8 Å². The highest BCUT2D eigenvalue weighted by Gasteiger charge is 2.25. The lowest BCUT2D eigenvalue weighted by atomic mass is 10.2. The number of ether oxygens (including phenoxy) is 1. The standard InChI is InChI=1S/C15H21ClN2O2/c1-3-17-7-9-18(10-8-17)15(19)12(2)20-14-6-4-5-13(16)11-14/h4-6,11-12H,3,7-10H2,1-2H3/t12-/m0/s1. The molecule has 1 aliphatic heterocycles. The number of carbonyl (C=O) groups is 1. The van der Waals surface area contributed by atoms with E-state index in [1.807, 2.05) is 17.0 Å². The smallest absolute Gasteiger partial charge is 0.263 e. The van der Waals surface area contributed by atoms with Crippen LogP contribution in [0.4, 0.5) is 0 Å². The molecule has 5 heteroatoms. The van der Waals surface area contributed by atoms with Crippen LogP contribution in [0.1, 0.15) is 13.8 Å². The highest BCUT2D eigenvalue weighted by molar-refractivity contribution is 6.30. The molecule has 1 saturated heterocycles. The van der Waals surface area contributed by atoms with Gasteiger partial charge in [-0.3, -0.25) is 4.79 Å². The predicted octanol–water partition coefficient (Wildman–Crippen LogP) is 2.27. The Balaban J connectivity index is 1.89. The molecule has 0 N–H and O–H groups in total. The molecule has 0 unspecified atom stereocenters. The molecule has 0 aliphatic carbocycles. The van der Waals surface area contributed by atoms with Gasteiger partial charge in [-0.25, -0.2) is 0 Å². The van der Waals surface area contributed by atoms with E-state index in [1.165, 1.54) is 0 Å². The number of rotatable bonds is 4. The lowest BCUT2D eigenvalue weighted by molar-refractivity contribution is -0.139. The molecule has 2 rings (SSSR count). The molecule has 0 radical (unpaired) electrons. The average Bonchev–Trinajstić information content (AvgIpc) is 2.46. The van der Waals surface area contributed by atoms with Gasteiger partial charge in [0.15, 0.2) is 6.10 Å². The highest BCUT2D eigenvalue weighted by atomic mass is 35.5. The van der Waals surface area contributed by atoms with E-state index in [1.54, 1.807) is 19.1 Å². The van der Waals surface area contributed by atoms with E-state index in [2.05, 4.69) is 11.8 Å². The van der Waals surface area contributed by atoms with Crippen LogP contribution >= 0.6 is 11.6 Å². The van der Waals surface area contributed by atoms with Gasteiger partial charge in [-0.05, 0) is 31.7 Å². The lowest BCUT2D eigenvalue weighted by Crippen LogP contribution is -2.51. The first-order valence-corrected chi connectivity index (χ1v) is 7.41. The number of benzene rings is 1. The molecule has 1 atom stereocenters. The summed E-state index contributed by atoms with van der Waals surface area (Å²) in [4.78, 5) is 16.5. The molecule has 1 fully saturated rings. The summed E-state index contributed by atoms with van der Waals surface area (Å²) in [6.07, 6.45) is -0.485. The fourth-order valence-corrected chi connectivity index (χ4v) is 2.52. The Morgan fingerprint density at radius 1 is 1.35 bits per heavy atom. The SMILES string of the molecule is CCN1CCN(C(=O)[C@H](C)Oc2cccc(Cl)c2)CC1.